The summed E-state index contributed by atoms with van der Waals surface area (Å²) >= 11 is 0. The minimum Gasteiger partial charge on any atom is -0.378 e. The van der Waals surface area contributed by atoms with E-state index in [4.69, 9.17) is 9.47 Å². The van der Waals surface area contributed by atoms with Gasteiger partial charge in [0.05, 0.1) is 31.0 Å². The second-order valence-electron chi connectivity index (χ2n) is 5.67. The molecule has 110 valence electrons. The summed E-state index contributed by atoms with van der Waals surface area (Å²) in [4.78, 5) is 14.1. The van der Waals surface area contributed by atoms with Crippen molar-refractivity contribution >= 4 is 5.91 Å². The lowest BCUT2D eigenvalue weighted by molar-refractivity contribution is -0.185. The Kier molecular flexibility index (Phi) is 3.52. The highest BCUT2D eigenvalue weighted by Gasteiger charge is 2.49. The van der Waals surface area contributed by atoms with E-state index in [9.17, 15) is 4.79 Å². The van der Waals surface area contributed by atoms with Gasteiger partial charge in [0.2, 0.25) is 0 Å². The first kappa shape index (κ1) is 13.6. The van der Waals surface area contributed by atoms with Crippen LogP contribution in [0.3, 0.4) is 0 Å². The van der Waals surface area contributed by atoms with E-state index >= 15 is 0 Å². The Hall–Kier alpha value is -1.40. The van der Waals surface area contributed by atoms with Crippen molar-refractivity contribution in [3.8, 4) is 0 Å². The fourth-order valence-electron chi connectivity index (χ4n) is 3.09. The number of amides is 1. The third-order valence-electron chi connectivity index (χ3n) is 4.05. The number of ether oxygens (including phenoxy) is 2. The predicted molar refractivity (Wildman–Crippen MR) is 72.4 cm³/mol. The fourth-order valence-corrected chi connectivity index (χ4v) is 3.09. The van der Waals surface area contributed by atoms with E-state index in [2.05, 4.69) is 5.10 Å². The zero-order valence-corrected chi connectivity index (χ0v) is 12.0. The lowest BCUT2D eigenvalue weighted by atomic mass is 9.84. The van der Waals surface area contributed by atoms with Crippen LogP contribution < -0.4 is 0 Å². The summed E-state index contributed by atoms with van der Waals surface area (Å²) in [7, 11) is 1.81. The van der Waals surface area contributed by atoms with E-state index in [1.807, 2.05) is 18.9 Å². The summed E-state index contributed by atoms with van der Waals surface area (Å²) in [6.45, 7) is 4.79. The van der Waals surface area contributed by atoms with Gasteiger partial charge in [0, 0.05) is 32.9 Å². The first-order chi connectivity index (χ1) is 9.62. The van der Waals surface area contributed by atoms with Crippen molar-refractivity contribution in [3.05, 3.63) is 18.0 Å². The summed E-state index contributed by atoms with van der Waals surface area (Å²) in [6.07, 6.45) is 5.46. The van der Waals surface area contributed by atoms with Gasteiger partial charge in [-0.15, -0.1) is 0 Å². The van der Waals surface area contributed by atoms with Crippen molar-refractivity contribution in [2.45, 2.75) is 31.5 Å². The fraction of sp³-hybridized carbons (Fsp3) is 0.714. The highest BCUT2D eigenvalue weighted by atomic mass is 16.5. The van der Waals surface area contributed by atoms with Gasteiger partial charge in [-0.05, 0) is 13.3 Å². The highest BCUT2D eigenvalue weighted by molar-refractivity contribution is 5.94. The number of aromatic nitrogens is 2. The molecule has 2 aliphatic rings. The smallest absolute Gasteiger partial charge is 0.257 e. The van der Waals surface area contributed by atoms with E-state index in [-0.39, 0.29) is 17.6 Å². The van der Waals surface area contributed by atoms with Crippen LogP contribution in [0.15, 0.2) is 12.4 Å². The van der Waals surface area contributed by atoms with Gasteiger partial charge < -0.3 is 14.4 Å². The van der Waals surface area contributed by atoms with Crippen LogP contribution in [0.5, 0.6) is 0 Å². The number of hydrogen-bond donors (Lipinski definition) is 0. The molecule has 3 rings (SSSR count). The van der Waals surface area contributed by atoms with Crippen LogP contribution in [-0.2, 0) is 16.5 Å². The molecule has 1 aromatic heterocycles. The van der Waals surface area contributed by atoms with Gasteiger partial charge in [-0.1, -0.05) is 0 Å². The van der Waals surface area contributed by atoms with Crippen molar-refractivity contribution in [1.82, 2.24) is 14.7 Å². The summed E-state index contributed by atoms with van der Waals surface area (Å²) in [5.74, 6) is 0.0332. The zero-order valence-electron chi connectivity index (χ0n) is 12.0. The maximum absolute atomic E-state index is 12.3. The lowest BCUT2D eigenvalue weighted by Gasteiger charge is -2.52. The van der Waals surface area contributed by atoms with Gasteiger partial charge in [-0.25, -0.2) is 0 Å². The van der Waals surface area contributed by atoms with Crippen LogP contribution in [0.25, 0.3) is 0 Å². The van der Waals surface area contributed by atoms with Gasteiger partial charge in [0.25, 0.3) is 5.91 Å². The average Bonchev–Trinajstić information content (AvgIpc) is 2.82. The average molecular weight is 279 g/mol. The Morgan fingerprint density at radius 2 is 2.40 bits per heavy atom. The summed E-state index contributed by atoms with van der Waals surface area (Å²) in [5, 5.41) is 4.04. The van der Waals surface area contributed by atoms with Crippen molar-refractivity contribution in [1.29, 1.82) is 0 Å². The summed E-state index contributed by atoms with van der Waals surface area (Å²) in [5.41, 5.74) is 0.454. The van der Waals surface area contributed by atoms with Crippen LogP contribution in [0.2, 0.25) is 0 Å². The zero-order chi connectivity index (χ0) is 14.2. The van der Waals surface area contributed by atoms with Gasteiger partial charge in [0.1, 0.15) is 5.60 Å². The Morgan fingerprint density at radius 3 is 3.05 bits per heavy atom. The van der Waals surface area contributed by atoms with Crippen molar-refractivity contribution in [2.75, 3.05) is 26.3 Å². The first-order valence-corrected chi connectivity index (χ1v) is 7.15. The number of nitrogens with zero attached hydrogens (tertiary/aromatic N) is 3. The second-order valence-corrected chi connectivity index (χ2v) is 5.67. The maximum Gasteiger partial charge on any atom is 0.257 e. The van der Waals surface area contributed by atoms with Crippen molar-refractivity contribution in [3.63, 3.8) is 0 Å². The van der Waals surface area contributed by atoms with Crippen molar-refractivity contribution < 1.29 is 14.3 Å². The number of aryl methyl sites for hydroxylation is 1. The molecule has 1 atom stereocenters. The summed E-state index contributed by atoms with van der Waals surface area (Å²) in [6, 6.07) is 0. The molecule has 0 aliphatic carbocycles. The van der Waals surface area contributed by atoms with Crippen molar-refractivity contribution in [2.24, 2.45) is 7.05 Å². The summed E-state index contributed by atoms with van der Waals surface area (Å²) < 4.78 is 13.2. The van der Waals surface area contributed by atoms with E-state index in [1.54, 1.807) is 17.1 Å². The molecule has 2 fully saturated rings. The molecule has 20 heavy (non-hydrogen) atoms. The molecule has 0 radical (unpaired) electrons. The monoisotopic (exact) mass is 279 g/mol. The van der Waals surface area contributed by atoms with Gasteiger partial charge in [0.15, 0.2) is 0 Å². The topological polar surface area (TPSA) is 56.6 Å². The third-order valence-corrected chi connectivity index (χ3v) is 4.05. The molecule has 1 aromatic rings. The SMILES string of the molecule is CCO[C@H]1CCOC2(C1)CN(C(=O)c1cnn(C)c1)C2. The molecule has 0 bridgehead atoms. The van der Waals surface area contributed by atoms with Crippen LogP contribution in [-0.4, -0.2) is 58.6 Å². The van der Waals surface area contributed by atoms with E-state index in [0.717, 1.165) is 26.1 Å². The molecule has 3 heterocycles. The number of carbonyl (C=O) groups is 1. The predicted octanol–water partition coefficient (Wildman–Crippen LogP) is 0.830. The number of hydrogen-bond acceptors (Lipinski definition) is 4. The lowest BCUT2D eigenvalue weighted by Crippen LogP contribution is -2.67. The molecule has 1 spiro atoms. The molecule has 0 saturated carbocycles. The van der Waals surface area contributed by atoms with Crippen LogP contribution in [0.1, 0.15) is 30.1 Å². The molecule has 1 amide bonds. The number of carbonyl (C=O) groups excluding carboxylic acids is 1. The largest absolute Gasteiger partial charge is 0.378 e. The Balaban J connectivity index is 1.58. The Morgan fingerprint density at radius 1 is 1.60 bits per heavy atom. The molecule has 0 aromatic carbocycles. The minimum atomic E-state index is -0.185. The minimum absolute atomic E-state index is 0.0332. The molecule has 6 heteroatoms. The highest BCUT2D eigenvalue weighted by Crippen LogP contribution is 2.35. The normalized spacial score (nSPS) is 24.7. The Bertz CT molecular complexity index is 492. The van der Waals surface area contributed by atoms with Crippen LogP contribution in [0.4, 0.5) is 0 Å². The van der Waals surface area contributed by atoms with Gasteiger partial charge >= 0.3 is 0 Å². The third kappa shape index (κ3) is 2.45. The quantitative estimate of drug-likeness (QED) is 0.822. The van der Waals surface area contributed by atoms with Gasteiger partial charge in [-0.2, -0.15) is 5.10 Å². The maximum atomic E-state index is 12.3. The standard InChI is InChI=1S/C14H21N3O3/c1-3-19-12-4-5-20-14(6-12)9-17(10-14)13(18)11-7-15-16(2)8-11/h7-8,12H,3-6,9-10H2,1-2H3/t12-/m0/s1. The second kappa shape index (κ2) is 5.18. The van der Waals surface area contributed by atoms with Gasteiger partial charge in [-0.3, -0.25) is 9.48 Å². The van der Waals surface area contributed by atoms with Crippen LogP contribution in [0, 0.1) is 0 Å². The van der Waals surface area contributed by atoms with E-state index in [1.165, 1.54) is 0 Å². The number of likely N-dealkylation sites (tertiary alicyclic amines) is 1. The van der Waals surface area contributed by atoms with Crippen LogP contribution >= 0.6 is 0 Å². The molecule has 0 N–H and O–H groups in total. The first-order valence-electron chi connectivity index (χ1n) is 7.15. The molecule has 0 unspecified atom stereocenters. The molecular weight excluding hydrogens is 258 g/mol. The molecule has 2 saturated heterocycles. The van der Waals surface area contributed by atoms with E-state index < -0.39 is 0 Å². The number of rotatable bonds is 3. The Labute approximate surface area is 118 Å². The molecule has 6 nitrogen and oxygen atoms in total. The molecular formula is C14H21N3O3. The van der Waals surface area contributed by atoms with E-state index in [0.29, 0.717) is 18.7 Å². The molecule has 2 aliphatic heterocycles.